The molecule has 0 saturated heterocycles. The molecule has 2 aliphatic rings. The average molecular weight is 432 g/mol. The molecule has 3 rings (SSSR count). The first kappa shape index (κ1) is 23.2. The van der Waals surface area contributed by atoms with Gasteiger partial charge in [0.2, 0.25) is 0 Å². The third-order valence-corrected chi connectivity index (χ3v) is 6.19. The number of hydrogen-bond donors (Lipinski definition) is 1. The minimum atomic E-state index is -1.66. The van der Waals surface area contributed by atoms with Crippen molar-refractivity contribution in [3.05, 3.63) is 46.7 Å². The van der Waals surface area contributed by atoms with E-state index in [9.17, 15) is 15.8 Å². The maximum atomic E-state index is 10.2. The van der Waals surface area contributed by atoms with E-state index in [0.29, 0.717) is 24.6 Å². The van der Waals surface area contributed by atoms with Crippen molar-refractivity contribution in [1.82, 2.24) is 4.90 Å². The van der Waals surface area contributed by atoms with E-state index in [0.717, 1.165) is 24.1 Å². The topological polar surface area (TPSA) is 119 Å². The maximum Gasteiger partial charge on any atom is 0.191 e. The van der Waals surface area contributed by atoms with Gasteiger partial charge in [-0.2, -0.15) is 15.8 Å². The summed E-state index contributed by atoms with van der Waals surface area (Å²) >= 11 is 0. The summed E-state index contributed by atoms with van der Waals surface area (Å²) < 4.78 is 11.4. The van der Waals surface area contributed by atoms with Crippen molar-refractivity contribution < 1.29 is 9.47 Å². The van der Waals surface area contributed by atoms with Gasteiger partial charge in [-0.15, -0.1) is 0 Å². The number of benzene rings is 1. The normalized spacial score (nSPS) is 22.2. The molecule has 0 aromatic heterocycles. The SMILES string of the molecule is CCCN1CC=C2C(C#N)=C(N)C(C#N)(C#N)[C@@H](c3ccc(OC(C)C)c(OC)c3)[C@H]2C1. The van der Waals surface area contributed by atoms with Crippen molar-refractivity contribution in [2.75, 3.05) is 26.7 Å². The number of nitriles is 3. The zero-order chi connectivity index (χ0) is 23.5. The van der Waals surface area contributed by atoms with Gasteiger partial charge in [-0.05, 0) is 50.1 Å². The van der Waals surface area contributed by atoms with Crippen LogP contribution < -0.4 is 15.2 Å². The summed E-state index contributed by atoms with van der Waals surface area (Å²) in [6.07, 6.45) is 2.98. The maximum absolute atomic E-state index is 10.2. The average Bonchev–Trinajstić information content (AvgIpc) is 2.79. The van der Waals surface area contributed by atoms with E-state index in [1.807, 2.05) is 38.1 Å². The number of fused-ring (bicyclic) bond motifs is 1. The Morgan fingerprint density at radius 3 is 2.50 bits per heavy atom. The molecule has 2 atom stereocenters. The molecule has 7 nitrogen and oxygen atoms in total. The van der Waals surface area contributed by atoms with Gasteiger partial charge in [0.05, 0.1) is 36.6 Å². The van der Waals surface area contributed by atoms with Crippen molar-refractivity contribution in [1.29, 1.82) is 15.8 Å². The molecule has 0 spiro atoms. The molecule has 1 aliphatic carbocycles. The number of allylic oxidation sites excluding steroid dienone is 2. The summed E-state index contributed by atoms with van der Waals surface area (Å²) in [5, 5.41) is 30.3. The molecule has 1 aromatic rings. The van der Waals surface area contributed by atoms with Crippen LogP contribution in [0.5, 0.6) is 11.5 Å². The van der Waals surface area contributed by atoms with Gasteiger partial charge < -0.3 is 15.2 Å². The molecule has 0 saturated carbocycles. The summed E-state index contributed by atoms with van der Waals surface area (Å²) in [7, 11) is 1.56. The molecule has 0 radical (unpaired) electrons. The molecule has 7 heteroatoms. The number of rotatable bonds is 6. The van der Waals surface area contributed by atoms with Crippen LogP contribution in [0.3, 0.4) is 0 Å². The van der Waals surface area contributed by atoms with Gasteiger partial charge in [-0.1, -0.05) is 19.1 Å². The van der Waals surface area contributed by atoms with Crippen LogP contribution in [0.25, 0.3) is 0 Å². The number of nitrogens with two attached hydrogens (primary N) is 1. The van der Waals surface area contributed by atoms with Crippen LogP contribution in [-0.2, 0) is 0 Å². The number of nitrogens with zero attached hydrogens (tertiary/aromatic N) is 4. The largest absolute Gasteiger partial charge is 0.493 e. The van der Waals surface area contributed by atoms with E-state index in [-0.39, 0.29) is 23.3 Å². The smallest absolute Gasteiger partial charge is 0.191 e. The third kappa shape index (κ3) is 3.79. The Kier molecular flexibility index (Phi) is 6.78. The monoisotopic (exact) mass is 431 g/mol. The lowest BCUT2D eigenvalue weighted by atomic mass is 9.58. The van der Waals surface area contributed by atoms with Gasteiger partial charge in [0.1, 0.15) is 6.07 Å². The van der Waals surface area contributed by atoms with Crippen LogP contribution in [0, 0.1) is 45.3 Å². The second kappa shape index (κ2) is 9.35. The highest BCUT2D eigenvalue weighted by molar-refractivity contribution is 5.60. The predicted octanol–water partition coefficient (Wildman–Crippen LogP) is 3.62. The van der Waals surface area contributed by atoms with Gasteiger partial charge in [-0.3, -0.25) is 4.90 Å². The van der Waals surface area contributed by atoms with Crippen LogP contribution in [0.4, 0.5) is 0 Å². The van der Waals surface area contributed by atoms with Crippen LogP contribution in [0.1, 0.15) is 38.7 Å². The summed E-state index contributed by atoms with van der Waals surface area (Å²) in [5.74, 6) is 0.344. The molecule has 1 aromatic carbocycles. The summed E-state index contributed by atoms with van der Waals surface area (Å²) in [5.41, 5.74) is 6.60. The van der Waals surface area contributed by atoms with Crippen molar-refractivity contribution >= 4 is 0 Å². The zero-order valence-corrected chi connectivity index (χ0v) is 19.1. The van der Waals surface area contributed by atoms with Crippen molar-refractivity contribution in [2.45, 2.75) is 39.2 Å². The van der Waals surface area contributed by atoms with Gasteiger partial charge >= 0.3 is 0 Å². The molecular formula is C25H29N5O2. The second-order valence-electron chi connectivity index (χ2n) is 8.51. The predicted molar refractivity (Wildman–Crippen MR) is 120 cm³/mol. The van der Waals surface area contributed by atoms with Crippen molar-refractivity contribution in [2.24, 2.45) is 17.1 Å². The molecule has 2 N–H and O–H groups in total. The molecule has 0 amide bonds. The van der Waals surface area contributed by atoms with E-state index < -0.39 is 11.3 Å². The molecule has 32 heavy (non-hydrogen) atoms. The molecule has 166 valence electrons. The fraction of sp³-hybridized carbons (Fsp3) is 0.480. The lowest BCUT2D eigenvalue weighted by molar-refractivity contribution is 0.206. The van der Waals surface area contributed by atoms with Crippen LogP contribution in [-0.4, -0.2) is 37.7 Å². The lowest BCUT2D eigenvalue weighted by Gasteiger charge is -2.45. The Bertz CT molecular complexity index is 1050. The highest BCUT2D eigenvalue weighted by Gasteiger charge is 2.54. The van der Waals surface area contributed by atoms with Crippen molar-refractivity contribution in [3.63, 3.8) is 0 Å². The quantitative estimate of drug-likeness (QED) is 0.730. The Labute approximate surface area is 189 Å². The van der Waals surface area contributed by atoms with Gasteiger partial charge in [0.15, 0.2) is 16.9 Å². The number of ether oxygens (including phenoxy) is 2. The minimum Gasteiger partial charge on any atom is -0.493 e. The first-order chi connectivity index (χ1) is 15.4. The van der Waals surface area contributed by atoms with Crippen molar-refractivity contribution in [3.8, 4) is 29.7 Å². The first-order valence-electron chi connectivity index (χ1n) is 10.9. The second-order valence-corrected chi connectivity index (χ2v) is 8.51. The molecule has 0 fully saturated rings. The summed E-state index contributed by atoms with van der Waals surface area (Å²) in [6, 6.07) is 12.0. The Balaban J connectivity index is 2.24. The molecule has 1 heterocycles. The number of methoxy groups -OCH3 is 1. The van der Waals surface area contributed by atoms with Gasteiger partial charge in [-0.25, -0.2) is 0 Å². The molecule has 0 unspecified atom stereocenters. The third-order valence-electron chi connectivity index (χ3n) is 6.19. The summed E-state index contributed by atoms with van der Waals surface area (Å²) in [4.78, 5) is 2.28. The van der Waals surface area contributed by atoms with Crippen LogP contribution >= 0.6 is 0 Å². The van der Waals surface area contributed by atoms with E-state index in [1.165, 1.54) is 0 Å². The Hall–Kier alpha value is -3.47. The molecule has 0 bridgehead atoms. The highest BCUT2D eigenvalue weighted by atomic mass is 16.5. The fourth-order valence-corrected chi connectivity index (χ4v) is 4.84. The fourth-order valence-electron chi connectivity index (χ4n) is 4.84. The van der Waals surface area contributed by atoms with E-state index in [2.05, 4.69) is 30.0 Å². The number of hydrogen-bond acceptors (Lipinski definition) is 7. The highest BCUT2D eigenvalue weighted by Crippen LogP contribution is 2.54. The standard InChI is InChI=1S/C25H29N5O2/c1-5-9-30-10-8-18-19(12-26)24(29)25(14-27,15-28)23(20(18)13-30)17-6-7-21(32-16(2)3)22(11-17)31-4/h6-8,11,16,20,23H,5,9-10,13,29H2,1-4H3/t20-,23-/m0/s1. The van der Waals surface area contributed by atoms with E-state index in [4.69, 9.17) is 15.2 Å². The van der Waals surface area contributed by atoms with Gasteiger partial charge in [0.25, 0.3) is 0 Å². The van der Waals surface area contributed by atoms with E-state index in [1.54, 1.807) is 7.11 Å². The van der Waals surface area contributed by atoms with E-state index >= 15 is 0 Å². The molecule has 1 aliphatic heterocycles. The van der Waals surface area contributed by atoms with Gasteiger partial charge in [0, 0.05) is 24.9 Å². The first-order valence-corrected chi connectivity index (χ1v) is 10.9. The minimum absolute atomic E-state index is 0.0305. The van der Waals surface area contributed by atoms with Crippen LogP contribution in [0.2, 0.25) is 0 Å². The lowest BCUT2D eigenvalue weighted by Crippen LogP contribution is -2.48. The zero-order valence-electron chi connectivity index (χ0n) is 19.1. The molecular weight excluding hydrogens is 402 g/mol. The van der Waals surface area contributed by atoms with Crippen LogP contribution in [0.15, 0.2) is 41.1 Å². The Morgan fingerprint density at radius 2 is 1.94 bits per heavy atom. The Morgan fingerprint density at radius 1 is 1.22 bits per heavy atom. The summed E-state index contributed by atoms with van der Waals surface area (Å²) in [6.45, 7) is 8.22.